The van der Waals surface area contributed by atoms with Gasteiger partial charge >= 0.3 is 0 Å². The first kappa shape index (κ1) is 21.5. The maximum Gasteiger partial charge on any atom is 0.227 e. The molecule has 2 unspecified atom stereocenters. The van der Waals surface area contributed by atoms with Crippen LogP contribution in [0, 0.1) is 5.82 Å². The third-order valence-corrected chi connectivity index (χ3v) is 7.10. The van der Waals surface area contributed by atoms with Crippen LogP contribution in [0.25, 0.3) is 5.70 Å². The van der Waals surface area contributed by atoms with Gasteiger partial charge in [-0.25, -0.2) is 9.07 Å². The van der Waals surface area contributed by atoms with Crippen molar-refractivity contribution in [2.24, 2.45) is 0 Å². The van der Waals surface area contributed by atoms with Crippen LogP contribution >= 0.6 is 35.0 Å². The van der Waals surface area contributed by atoms with Crippen molar-refractivity contribution >= 4 is 46.6 Å². The van der Waals surface area contributed by atoms with Gasteiger partial charge in [0, 0.05) is 32.3 Å². The summed E-state index contributed by atoms with van der Waals surface area (Å²) in [5.41, 5.74) is 3.54. The van der Waals surface area contributed by atoms with Gasteiger partial charge in [0.15, 0.2) is 6.10 Å². The van der Waals surface area contributed by atoms with E-state index in [2.05, 4.69) is 15.4 Å². The number of thioether (sulfide) groups is 1. The zero-order valence-corrected chi connectivity index (χ0v) is 20.1. The first-order valence-corrected chi connectivity index (χ1v) is 12.5. The van der Waals surface area contributed by atoms with Gasteiger partial charge in [0.05, 0.1) is 5.70 Å². The summed E-state index contributed by atoms with van der Waals surface area (Å²) in [6.07, 6.45) is 1.31. The van der Waals surface area contributed by atoms with Crippen LogP contribution < -0.4 is 10.1 Å². The number of hydrogen-bond donors (Lipinski definition) is 1. The number of hydrogen-bond acceptors (Lipinski definition) is 5. The Bertz CT molecular complexity index is 1470. The lowest BCUT2D eigenvalue weighted by Gasteiger charge is -2.39. The van der Waals surface area contributed by atoms with E-state index in [1.165, 1.54) is 17.8 Å². The van der Waals surface area contributed by atoms with Gasteiger partial charge in [-0.05, 0) is 36.6 Å². The lowest BCUT2D eigenvalue weighted by atomic mass is 9.84. The van der Waals surface area contributed by atoms with Crippen LogP contribution in [0.4, 0.5) is 10.3 Å². The molecule has 34 heavy (non-hydrogen) atoms. The van der Waals surface area contributed by atoms with Crippen molar-refractivity contribution in [3.8, 4) is 5.75 Å². The van der Waals surface area contributed by atoms with Crippen LogP contribution in [-0.4, -0.2) is 21.0 Å². The smallest absolute Gasteiger partial charge is 0.227 e. The Balaban J connectivity index is 1.68. The summed E-state index contributed by atoms with van der Waals surface area (Å²) in [4.78, 5) is 4.62. The molecule has 0 saturated carbocycles. The molecule has 2 aliphatic heterocycles. The molecule has 0 fully saturated rings. The van der Waals surface area contributed by atoms with Crippen molar-refractivity contribution in [3.63, 3.8) is 0 Å². The van der Waals surface area contributed by atoms with Crippen LogP contribution in [0.2, 0.25) is 10.0 Å². The second-order valence-electron chi connectivity index (χ2n) is 7.91. The second-order valence-corrected chi connectivity index (χ2v) is 9.52. The van der Waals surface area contributed by atoms with Crippen molar-refractivity contribution in [1.82, 2.24) is 14.8 Å². The number of nitrogens with zero attached hydrogens (tertiary/aromatic N) is 3. The molecule has 0 aliphatic carbocycles. The van der Waals surface area contributed by atoms with Crippen LogP contribution in [0.3, 0.4) is 0 Å². The molecule has 3 aromatic carbocycles. The molecule has 5 nitrogen and oxygen atoms in total. The van der Waals surface area contributed by atoms with Crippen LogP contribution in [0.1, 0.15) is 28.8 Å². The van der Waals surface area contributed by atoms with Crippen molar-refractivity contribution in [2.45, 2.75) is 17.3 Å². The molecule has 0 amide bonds. The normalized spacial score (nSPS) is 18.5. The molecule has 2 atom stereocenters. The van der Waals surface area contributed by atoms with Crippen LogP contribution in [0.5, 0.6) is 5.75 Å². The van der Waals surface area contributed by atoms with E-state index in [4.69, 9.17) is 27.9 Å². The van der Waals surface area contributed by atoms with Gasteiger partial charge in [-0.15, -0.1) is 5.10 Å². The summed E-state index contributed by atoms with van der Waals surface area (Å²) in [7, 11) is 0. The summed E-state index contributed by atoms with van der Waals surface area (Å²) in [6, 6.07) is 19.0. The second kappa shape index (κ2) is 8.34. The number of anilines is 1. The summed E-state index contributed by atoms with van der Waals surface area (Å²) >= 11 is 14.4. The molecule has 170 valence electrons. The summed E-state index contributed by atoms with van der Waals surface area (Å²) in [6.45, 7) is 0. The molecule has 0 radical (unpaired) electrons. The first-order valence-electron chi connectivity index (χ1n) is 10.5. The SMILES string of the molecule is CSc1nc2n(n1)C(c1ccccc1F)C1=C(N2)c2cc(Cl)ccc2OC1c1ccccc1Cl. The Kier molecular flexibility index (Phi) is 5.28. The fourth-order valence-corrected chi connectivity index (χ4v) is 5.27. The van der Waals surface area contributed by atoms with Gasteiger partial charge in [-0.1, -0.05) is 71.4 Å². The molecule has 0 bridgehead atoms. The Morgan fingerprint density at radius 3 is 2.56 bits per heavy atom. The molecule has 0 spiro atoms. The number of halogens is 3. The zero-order chi connectivity index (χ0) is 23.4. The van der Waals surface area contributed by atoms with Crippen molar-refractivity contribution in [2.75, 3.05) is 11.6 Å². The maximum atomic E-state index is 15.3. The minimum atomic E-state index is -0.616. The highest BCUT2D eigenvalue weighted by atomic mass is 35.5. The van der Waals surface area contributed by atoms with Gasteiger partial charge < -0.3 is 10.1 Å². The van der Waals surface area contributed by atoms with Crippen molar-refractivity contribution in [1.29, 1.82) is 0 Å². The highest BCUT2D eigenvalue weighted by molar-refractivity contribution is 7.98. The van der Waals surface area contributed by atoms with Gasteiger partial charge in [-0.2, -0.15) is 4.98 Å². The summed E-state index contributed by atoms with van der Waals surface area (Å²) in [5.74, 6) is 0.816. The third-order valence-electron chi connectivity index (χ3n) is 5.98. The molecular weight excluding hydrogens is 494 g/mol. The molecule has 0 saturated heterocycles. The third kappa shape index (κ3) is 3.38. The zero-order valence-electron chi connectivity index (χ0n) is 17.8. The molecule has 6 rings (SSSR count). The minimum Gasteiger partial charge on any atom is -0.480 e. The average Bonchev–Trinajstić information content (AvgIpc) is 3.26. The number of rotatable bonds is 3. The highest BCUT2D eigenvalue weighted by Crippen LogP contribution is 2.52. The van der Waals surface area contributed by atoms with Gasteiger partial charge in [0.25, 0.3) is 0 Å². The highest BCUT2D eigenvalue weighted by Gasteiger charge is 2.42. The van der Waals surface area contributed by atoms with E-state index in [0.29, 0.717) is 32.5 Å². The number of ether oxygens (including phenoxy) is 1. The summed E-state index contributed by atoms with van der Waals surface area (Å²) < 4.78 is 23.5. The van der Waals surface area contributed by atoms with E-state index < -0.39 is 12.1 Å². The van der Waals surface area contributed by atoms with Gasteiger partial charge in [0.1, 0.15) is 17.6 Å². The Morgan fingerprint density at radius 2 is 1.79 bits per heavy atom. The van der Waals surface area contributed by atoms with Crippen molar-refractivity contribution < 1.29 is 9.13 Å². The van der Waals surface area contributed by atoms with E-state index >= 15 is 4.39 Å². The van der Waals surface area contributed by atoms with Gasteiger partial charge in [0.2, 0.25) is 11.1 Å². The fraction of sp³-hybridized carbons (Fsp3) is 0.120. The number of benzene rings is 3. The molecule has 2 aliphatic rings. The quantitative estimate of drug-likeness (QED) is 0.300. The first-order chi connectivity index (χ1) is 16.5. The topological polar surface area (TPSA) is 52.0 Å². The van der Waals surface area contributed by atoms with E-state index in [1.807, 2.05) is 48.7 Å². The molecule has 1 N–H and O–H groups in total. The Labute approximate surface area is 209 Å². The monoisotopic (exact) mass is 510 g/mol. The standard InChI is InChI=1S/C25H17Cl2FN4OS/c1-34-25-30-24-29-21-16-12-13(26)10-11-19(16)33-23(14-6-2-4-8-17(14)27)20(21)22(32(24)31-25)15-7-3-5-9-18(15)28/h2-12,22-23H,1H3,(H,29,30,31). The predicted octanol–water partition coefficient (Wildman–Crippen LogP) is 7.01. The van der Waals surface area contributed by atoms with Gasteiger partial charge in [-0.3, -0.25) is 0 Å². The Hall–Kier alpha value is -3.00. The van der Waals surface area contributed by atoms with Crippen molar-refractivity contribution in [3.05, 3.63) is 105 Å². The number of nitrogens with one attached hydrogen (secondary N) is 1. The van der Waals surface area contributed by atoms with E-state index in [9.17, 15) is 0 Å². The molecule has 9 heteroatoms. The molecule has 1 aromatic heterocycles. The minimum absolute atomic E-state index is 0.344. The molecule has 4 aromatic rings. The number of fused-ring (bicyclic) bond motifs is 3. The molecule has 3 heterocycles. The average molecular weight is 511 g/mol. The van der Waals surface area contributed by atoms with E-state index in [1.54, 1.807) is 22.9 Å². The lowest BCUT2D eigenvalue weighted by Crippen LogP contribution is -2.33. The largest absolute Gasteiger partial charge is 0.480 e. The van der Waals surface area contributed by atoms with E-state index in [-0.39, 0.29) is 5.82 Å². The van der Waals surface area contributed by atoms with Crippen LogP contribution in [-0.2, 0) is 0 Å². The van der Waals surface area contributed by atoms with Crippen LogP contribution in [0.15, 0.2) is 77.5 Å². The lowest BCUT2D eigenvalue weighted by molar-refractivity contribution is 0.222. The number of aromatic nitrogens is 3. The summed E-state index contributed by atoms with van der Waals surface area (Å²) in [5, 5.41) is 9.79. The fourth-order valence-electron chi connectivity index (χ4n) is 4.51. The predicted molar refractivity (Wildman–Crippen MR) is 133 cm³/mol. The molecular formula is C25H17Cl2FN4OS. The Morgan fingerprint density at radius 1 is 1.03 bits per heavy atom. The van der Waals surface area contributed by atoms with E-state index in [0.717, 1.165) is 22.4 Å². The maximum absolute atomic E-state index is 15.3.